The van der Waals surface area contributed by atoms with Gasteiger partial charge >= 0.3 is 0 Å². The van der Waals surface area contributed by atoms with E-state index in [1.807, 2.05) is 35.2 Å². The Balaban J connectivity index is 1.55. The molecule has 4 rings (SSSR count). The number of aromatic nitrogens is 4. The number of carbonyl (C=O) groups is 1. The zero-order chi connectivity index (χ0) is 17.8. The Morgan fingerprint density at radius 1 is 1.23 bits per heavy atom. The summed E-state index contributed by atoms with van der Waals surface area (Å²) >= 11 is 1.43. The minimum absolute atomic E-state index is 0.144. The van der Waals surface area contributed by atoms with Crippen molar-refractivity contribution >= 4 is 17.7 Å². The fourth-order valence-corrected chi connectivity index (χ4v) is 4.54. The SMILES string of the molecule is O=C(C(Sc1nnnn1CC1CCCO1)c1ccccc1)N1CCCC1. The average molecular weight is 373 g/mol. The summed E-state index contributed by atoms with van der Waals surface area (Å²) in [5.41, 5.74) is 0.987. The van der Waals surface area contributed by atoms with Crippen molar-refractivity contribution < 1.29 is 9.53 Å². The summed E-state index contributed by atoms with van der Waals surface area (Å²) in [4.78, 5) is 15.1. The van der Waals surface area contributed by atoms with Gasteiger partial charge in [0.05, 0.1) is 12.6 Å². The standard InChI is InChI=1S/C18H23N5O2S/c24-17(22-10-4-5-11-22)16(14-7-2-1-3-8-14)26-18-19-20-21-23(18)13-15-9-6-12-25-15/h1-3,7-8,15-16H,4-6,9-13H2. The van der Waals surface area contributed by atoms with Gasteiger partial charge in [0.25, 0.3) is 0 Å². The van der Waals surface area contributed by atoms with E-state index in [4.69, 9.17) is 4.74 Å². The van der Waals surface area contributed by atoms with Crippen LogP contribution in [0.5, 0.6) is 0 Å². The van der Waals surface area contributed by atoms with E-state index in [-0.39, 0.29) is 17.3 Å². The fourth-order valence-electron chi connectivity index (χ4n) is 3.47. The molecular formula is C18H23N5O2S. The van der Waals surface area contributed by atoms with Crippen LogP contribution in [-0.2, 0) is 16.1 Å². The van der Waals surface area contributed by atoms with Gasteiger partial charge < -0.3 is 9.64 Å². The van der Waals surface area contributed by atoms with E-state index in [9.17, 15) is 4.79 Å². The predicted octanol–water partition coefficient (Wildman–Crippen LogP) is 2.31. The molecule has 1 amide bonds. The maximum absolute atomic E-state index is 13.1. The number of tetrazole rings is 1. The summed E-state index contributed by atoms with van der Waals surface area (Å²) in [6, 6.07) is 9.90. The lowest BCUT2D eigenvalue weighted by Crippen LogP contribution is -2.31. The third kappa shape index (κ3) is 3.91. The highest BCUT2D eigenvalue weighted by Gasteiger charge is 2.31. The molecule has 1 aromatic carbocycles. The van der Waals surface area contributed by atoms with Gasteiger partial charge in [0.1, 0.15) is 5.25 Å². The molecule has 2 aliphatic rings. The first-order valence-corrected chi connectivity index (χ1v) is 10.1. The second-order valence-corrected chi connectivity index (χ2v) is 7.79. The number of ether oxygens (including phenoxy) is 1. The Kier molecular flexibility index (Phi) is 5.50. The third-order valence-corrected chi connectivity index (χ3v) is 6.08. The summed E-state index contributed by atoms with van der Waals surface area (Å²) in [7, 11) is 0. The third-order valence-electron chi connectivity index (χ3n) is 4.87. The van der Waals surface area contributed by atoms with Crippen LogP contribution in [0.4, 0.5) is 0 Å². The summed E-state index contributed by atoms with van der Waals surface area (Å²) in [5.74, 6) is 0.144. The van der Waals surface area contributed by atoms with E-state index in [1.54, 1.807) is 4.68 Å². The van der Waals surface area contributed by atoms with E-state index in [1.165, 1.54) is 11.8 Å². The first kappa shape index (κ1) is 17.5. The maximum Gasteiger partial charge on any atom is 0.240 e. The number of hydrogen-bond acceptors (Lipinski definition) is 6. The van der Waals surface area contributed by atoms with Gasteiger partial charge in [0, 0.05) is 19.7 Å². The van der Waals surface area contributed by atoms with Gasteiger partial charge in [-0.25, -0.2) is 4.68 Å². The molecule has 2 saturated heterocycles. The first-order chi connectivity index (χ1) is 12.8. The minimum atomic E-state index is -0.330. The lowest BCUT2D eigenvalue weighted by molar-refractivity contribution is -0.129. The molecule has 8 heteroatoms. The quantitative estimate of drug-likeness (QED) is 0.724. The molecule has 0 bridgehead atoms. The van der Waals surface area contributed by atoms with E-state index < -0.39 is 0 Å². The molecule has 2 aliphatic heterocycles. The van der Waals surface area contributed by atoms with Crippen LogP contribution < -0.4 is 0 Å². The molecule has 2 unspecified atom stereocenters. The fraction of sp³-hybridized carbons (Fsp3) is 0.556. The number of nitrogens with zero attached hydrogens (tertiary/aromatic N) is 5. The molecule has 0 N–H and O–H groups in total. The number of benzene rings is 1. The van der Waals surface area contributed by atoms with Gasteiger partial charge in [-0.15, -0.1) is 5.10 Å². The zero-order valence-corrected chi connectivity index (χ0v) is 15.5. The van der Waals surface area contributed by atoms with Crippen molar-refractivity contribution in [3.05, 3.63) is 35.9 Å². The van der Waals surface area contributed by atoms with Crippen LogP contribution in [0.25, 0.3) is 0 Å². The van der Waals surface area contributed by atoms with Crippen molar-refractivity contribution in [3.63, 3.8) is 0 Å². The van der Waals surface area contributed by atoms with Gasteiger partial charge in [-0.1, -0.05) is 42.1 Å². The molecule has 0 aliphatic carbocycles. The molecule has 3 heterocycles. The molecule has 7 nitrogen and oxygen atoms in total. The van der Waals surface area contributed by atoms with Gasteiger partial charge in [0.15, 0.2) is 0 Å². The molecule has 138 valence electrons. The van der Waals surface area contributed by atoms with Crippen molar-refractivity contribution in [2.24, 2.45) is 0 Å². The number of thioether (sulfide) groups is 1. The number of amides is 1. The Morgan fingerprint density at radius 2 is 2.04 bits per heavy atom. The van der Waals surface area contributed by atoms with Gasteiger partial charge in [-0.2, -0.15) is 0 Å². The molecule has 2 atom stereocenters. The second-order valence-electron chi connectivity index (χ2n) is 6.72. The Hall–Kier alpha value is -1.93. The molecule has 2 aromatic rings. The van der Waals surface area contributed by atoms with E-state index in [0.29, 0.717) is 11.7 Å². The highest BCUT2D eigenvalue weighted by atomic mass is 32.2. The normalized spacial score (nSPS) is 21.2. The zero-order valence-electron chi connectivity index (χ0n) is 14.7. The van der Waals surface area contributed by atoms with Crippen LogP contribution in [0.15, 0.2) is 35.5 Å². The Morgan fingerprint density at radius 3 is 2.77 bits per heavy atom. The van der Waals surface area contributed by atoms with Crippen molar-refractivity contribution in [2.75, 3.05) is 19.7 Å². The Labute approximate surface area is 157 Å². The topological polar surface area (TPSA) is 73.1 Å². The van der Waals surface area contributed by atoms with Crippen molar-refractivity contribution in [3.8, 4) is 0 Å². The maximum atomic E-state index is 13.1. The predicted molar refractivity (Wildman–Crippen MR) is 97.6 cm³/mol. The summed E-state index contributed by atoms with van der Waals surface area (Å²) in [6.07, 6.45) is 4.42. The first-order valence-electron chi connectivity index (χ1n) is 9.19. The highest BCUT2D eigenvalue weighted by molar-refractivity contribution is 8.00. The smallest absolute Gasteiger partial charge is 0.240 e. The van der Waals surface area contributed by atoms with Crippen LogP contribution in [0.3, 0.4) is 0 Å². The van der Waals surface area contributed by atoms with E-state index in [0.717, 1.165) is 50.9 Å². The molecular weight excluding hydrogens is 350 g/mol. The second kappa shape index (κ2) is 8.18. The number of rotatable bonds is 6. The average Bonchev–Trinajstić information content (AvgIpc) is 3.44. The van der Waals surface area contributed by atoms with Crippen LogP contribution >= 0.6 is 11.8 Å². The lowest BCUT2D eigenvalue weighted by atomic mass is 10.1. The van der Waals surface area contributed by atoms with Crippen LogP contribution in [-0.4, -0.2) is 56.8 Å². The van der Waals surface area contributed by atoms with Crippen LogP contribution in [0.2, 0.25) is 0 Å². The molecule has 0 spiro atoms. The Bertz CT molecular complexity index is 726. The van der Waals surface area contributed by atoms with E-state index >= 15 is 0 Å². The monoisotopic (exact) mass is 373 g/mol. The number of likely N-dealkylation sites (tertiary alicyclic amines) is 1. The summed E-state index contributed by atoms with van der Waals surface area (Å²) < 4.78 is 7.47. The summed E-state index contributed by atoms with van der Waals surface area (Å²) in [5, 5.41) is 12.5. The highest BCUT2D eigenvalue weighted by Crippen LogP contribution is 2.36. The van der Waals surface area contributed by atoms with Crippen LogP contribution in [0.1, 0.15) is 36.5 Å². The molecule has 0 saturated carbocycles. The molecule has 2 fully saturated rings. The molecule has 26 heavy (non-hydrogen) atoms. The van der Waals surface area contributed by atoms with Gasteiger partial charge in [-0.05, 0) is 41.7 Å². The number of hydrogen-bond donors (Lipinski definition) is 0. The van der Waals surface area contributed by atoms with Crippen LogP contribution in [0, 0.1) is 0 Å². The van der Waals surface area contributed by atoms with Crippen molar-refractivity contribution in [1.82, 2.24) is 25.1 Å². The largest absolute Gasteiger partial charge is 0.376 e. The van der Waals surface area contributed by atoms with Gasteiger partial charge in [-0.3, -0.25) is 4.79 Å². The lowest BCUT2D eigenvalue weighted by Gasteiger charge is -2.23. The minimum Gasteiger partial charge on any atom is -0.376 e. The van der Waals surface area contributed by atoms with E-state index in [2.05, 4.69) is 15.5 Å². The van der Waals surface area contributed by atoms with Gasteiger partial charge in [0.2, 0.25) is 11.1 Å². The van der Waals surface area contributed by atoms with Crippen molar-refractivity contribution in [1.29, 1.82) is 0 Å². The molecule has 0 radical (unpaired) electrons. The van der Waals surface area contributed by atoms with Crippen molar-refractivity contribution in [2.45, 2.75) is 48.7 Å². The molecule has 1 aromatic heterocycles. The summed E-state index contributed by atoms with van der Waals surface area (Å²) in [6.45, 7) is 3.11. The number of carbonyl (C=O) groups excluding carboxylic acids is 1.